The van der Waals surface area contributed by atoms with E-state index in [2.05, 4.69) is 0 Å². The van der Waals surface area contributed by atoms with Crippen molar-refractivity contribution in [2.75, 3.05) is 6.54 Å². The standard InChI is InChI=1S/C7H16N2/c1-7(9,5-8)4-6-2-3-6/h6H,2-5,8-9H2,1H3. The molecule has 1 rings (SSSR count). The lowest BCUT2D eigenvalue weighted by Crippen LogP contribution is -2.44. The quantitative estimate of drug-likeness (QED) is 0.580. The molecule has 2 nitrogen and oxygen atoms in total. The zero-order valence-corrected chi connectivity index (χ0v) is 6.06. The van der Waals surface area contributed by atoms with Gasteiger partial charge in [0.15, 0.2) is 0 Å². The summed E-state index contributed by atoms with van der Waals surface area (Å²) in [5, 5.41) is 0. The molecular formula is C7H16N2. The first-order valence-corrected chi connectivity index (χ1v) is 3.63. The van der Waals surface area contributed by atoms with Gasteiger partial charge in [0.1, 0.15) is 0 Å². The Labute approximate surface area is 56.6 Å². The van der Waals surface area contributed by atoms with Crippen molar-refractivity contribution in [1.29, 1.82) is 0 Å². The summed E-state index contributed by atoms with van der Waals surface area (Å²) < 4.78 is 0. The van der Waals surface area contributed by atoms with E-state index >= 15 is 0 Å². The zero-order chi connectivity index (χ0) is 6.91. The summed E-state index contributed by atoms with van der Waals surface area (Å²) in [6.45, 7) is 2.65. The predicted molar refractivity (Wildman–Crippen MR) is 39.0 cm³/mol. The highest BCUT2D eigenvalue weighted by Gasteiger charge is 2.29. The van der Waals surface area contributed by atoms with Gasteiger partial charge in [0.25, 0.3) is 0 Å². The lowest BCUT2D eigenvalue weighted by atomic mass is 9.97. The van der Waals surface area contributed by atoms with Crippen molar-refractivity contribution < 1.29 is 0 Å². The Morgan fingerprint density at radius 1 is 1.56 bits per heavy atom. The minimum absolute atomic E-state index is 0.0961. The highest BCUT2D eigenvalue weighted by molar-refractivity contribution is 4.87. The van der Waals surface area contributed by atoms with Crippen LogP contribution in [0.3, 0.4) is 0 Å². The first-order chi connectivity index (χ1) is 4.14. The molecule has 0 spiro atoms. The van der Waals surface area contributed by atoms with Crippen LogP contribution in [0.5, 0.6) is 0 Å². The van der Waals surface area contributed by atoms with Crippen LogP contribution in [0.2, 0.25) is 0 Å². The van der Waals surface area contributed by atoms with E-state index in [4.69, 9.17) is 11.5 Å². The molecule has 54 valence electrons. The Bertz CT molecular complexity index is 95.1. The SMILES string of the molecule is CC(N)(CN)CC1CC1. The Hall–Kier alpha value is -0.0800. The summed E-state index contributed by atoms with van der Waals surface area (Å²) in [5.41, 5.74) is 11.2. The minimum Gasteiger partial charge on any atom is -0.329 e. The summed E-state index contributed by atoms with van der Waals surface area (Å²) in [7, 11) is 0. The molecule has 2 heteroatoms. The Morgan fingerprint density at radius 2 is 2.11 bits per heavy atom. The van der Waals surface area contributed by atoms with E-state index in [0.717, 1.165) is 12.3 Å². The summed E-state index contributed by atoms with van der Waals surface area (Å²) in [4.78, 5) is 0. The van der Waals surface area contributed by atoms with Gasteiger partial charge in [-0.15, -0.1) is 0 Å². The third kappa shape index (κ3) is 2.33. The fraction of sp³-hybridized carbons (Fsp3) is 1.00. The molecule has 1 saturated carbocycles. The van der Waals surface area contributed by atoms with E-state index in [1.54, 1.807) is 0 Å². The molecule has 9 heavy (non-hydrogen) atoms. The normalized spacial score (nSPS) is 25.7. The van der Waals surface area contributed by atoms with Crippen molar-refractivity contribution >= 4 is 0 Å². The molecule has 0 heterocycles. The van der Waals surface area contributed by atoms with E-state index in [9.17, 15) is 0 Å². The van der Waals surface area contributed by atoms with Gasteiger partial charge in [-0.05, 0) is 19.3 Å². The largest absolute Gasteiger partial charge is 0.329 e. The van der Waals surface area contributed by atoms with E-state index in [1.165, 1.54) is 12.8 Å². The number of hydrogen-bond acceptors (Lipinski definition) is 2. The number of rotatable bonds is 3. The smallest absolute Gasteiger partial charge is 0.0252 e. The molecule has 0 amide bonds. The van der Waals surface area contributed by atoms with Gasteiger partial charge in [0.2, 0.25) is 0 Å². The average molecular weight is 128 g/mol. The van der Waals surface area contributed by atoms with Crippen LogP contribution in [0.15, 0.2) is 0 Å². The van der Waals surface area contributed by atoms with E-state index in [1.807, 2.05) is 6.92 Å². The van der Waals surface area contributed by atoms with Crippen molar-refractivity contribution in [3.8, 4) is 0 Å². The van der Waals surface area contributed by atoms with Gasteiger partial charge >= 0.3 is 0 Å². The topological polar surface area (TPSA) is 52.0 Å². The lowest BCUT2D eigenvalue weighted by molar-refractivity contribution is 0.417. The second-order valence-corrected chi connectivity index (χ2v) is 3.51. The molecule has 0 aliphatic heterocycles. The van der Waals surface area contributed by atoms with Crippen LogP contribution in [0.25, 0.3) is 0 Å². The van der Waals surface area contributed by atoms with Gasteiger partial charge in [-0.1, -0.05) is 12.8 Å². The Morgan fingerprint density at radius 3 is 2.44 bits per heavy atom. The molecule has 0 aromatic rings. The van der Waals surface area contributed by atoms with Crippen molar-refractivity contribution in [3.63, 3.8) is 0 Å². The third-order valence-electron chi connectivity index (χ3n) is 1.92. The van der Waals surface area contributed by atoms with Crippen molar-refractivity contribution in [1.82, 2.24) is 0 Å². The van der Waals surface area contributed by atoms with Crippen LogP contribution in [0.1, 0.15) is 26.2 Å². The molecule has 1 aliphatic carbocycles. The zero-order valence-electron chi connectivity index (χ0n) is 6.06. The third-order valence-corrected chi connectivity index (χ3v) is 1.92. The first kappa shape index (κ1) is 7.03. The summed E-state index contributed by atoms with van der Waals surface area (Å²) in [6, 6.07) is 0. The van der Waals surface area contributed by atoms with Gasteiger partial charge in [-0.25, -0.2) is 0 Å². The molecule has 0 bridgehead atoms. The van der Waals surface area contributed by atoms with E-state index < -0.39 is 0 Å². The van der Waals surface area contributed by atoms with Gasteiger partial charge in [-0.2, -0.15) is 0 Å². The van der Waals surface area contributed by atoms with Crippen molar-refractivity contribution in [2.45, 2.75) is 31.7 Å². The molecule has 1 aliphatic rings. The monoisotopic (exact) mass is 128 g/mol. The van der Waals surface area contributed by atoms with Gasteiger partial charge in [0, 0.05) is 12.1 Å². The molecule has 1 fully saturated rings. The maximum atomic E-state index is 5.83. The maximum Gasteiger partial charge on any atom is 0.0252 e. The second kappa shape index (κ2) is 2.27. The second-order valence-electron chi connectivity index (χ2n) is 3.51. The van der Waals surface area contributed by atoms with Gasteiger partial charge < -0.3 is 11.5 Å². The average Bonchev–Trinajstić information content (AvgIpc) is 2.50. The van der Waals surface area contributed by atoms with Crippen LogP contribution < -0.4 is 11.5 Å². The Kier molecular flexibility index (Phi) is 1.78. The van der Waals surface area contributed by atoms with Gasteiger partial charge in [0.05, 0.1) is 0 Å². The van der Waals surface area contributed by atoms with Crippen LogP contribution in [-0.2, 0) is 0 Å². The highest BCUT2D eigenvalue weighted by atomic mass is 14.8. The molecular weight excluding hydrogens is 112 g/mol. The summed E-state index contributed by atoms with van der Waals surface area (Å²) in [6.07, 6.45) is 3.85. The van der Waals surface area contributed by atoms with Gasteiger partial charge in [-0.3, -0.25) is 0 Å². The van der Waals surface area contributed by atoms with E-state index in [0.29, 0.717) is 6.54 Å². The maximum absolute atomic E-state index is 5.83. The van der Waals surface area contributed by atoms with Crippen LogP contribution in [0, 0.1) is 5.92 Å². The van der Waals surface area contributed by atoms with Crippen LogP contribution in [0.4, 0.5) is 0 Å². The fourth-order valence-corrected chi connectivity index (χ4v) is 1.06. The van der Waals surface area contributed by atoms with Crippen LogP contribution in [-0.4, -0.2) is 12.1 Å². The van der Waals surface area contributed by atoms with Crippen LogP contribution >= 0.6 is 0 Å². The molecule has 0 radical (unpaired) electrons. The van der Waals surface area contributed by atoms with E-state index in [-0.39, 0.29) is 5.54 Å². The molecule has 1 atom stereocenters. The lowest BCUT2D eigenvalue weighted by Gasteiger charge is -2.21. The predicted octanol–water partition coefficient (Wildman–Crippen LogP) is 0.463. The summed E-state index contributed by atoms with van der Waals surface area (Å²) >= 11 is 0. The Balaban J connectivity index is 2.21. The number of hydrogen-bond donors (Lipinski definition) is 2. The first-order valence-electron chi connectivity index (χ1n) is 3.63. The fourth-order valence-electron chi connectivity index (χ4n) is 1.06. The molecule has 0 saturated heterocycles. The molecule has 4 N–H and O–H groups in total. The molecule has 1 unspecified atom stereocenters. The minimum atomic E-state index is -0.0961. The molecule has 0 aromatic heterocycles. The summed E-state index contributed by atoms with van der Waals surface area (Å²) in [5.74, 6) is 0.892. The highest BCUT2D eigenvalue weighted by Crippen LogP contribution is 2.35. The molecule has 0 aromatic carbocycles. The van der Waals surface area contributed by atoms with Crippen molar-refractivity contribution in [3.05, 3.63) is 0 Å². The van der Waals surface area contributed by atoms with Crippen molar-refractivity contribution in [2.24, 2.45) is 17.4 Å². The number of nitrogens with two attached hydrogens (primary N) is 2.